The topological polar surface area (TPSA) is 85.6 Å². The summed E-state index contributed by atoms with van der Waals surface area (Å²) >= 11 is 11.9. The predicted molar refractivity (Wildman–Crippen MR) is 109 cm³/mol. The molecule has 0 aromatic heterocycles. The lowest BCUT2D eigenvalue weighted by Crippen LogP contribution is -2.07. The molecule has 6 nitrogen and oxygen atoms in total. The van der Waals surface area contributed by atoms with Crippen molar-refractivity contribution in [1.82, 2.24) is 0 Å². The molecule has 0 aliphatic rings. The molecule has 0 atom stereocenters. The third-order valence-corrected chi connectivity index (χ3v) is 5.95. The normalized spacial score (nSPS) is 11.6. The first kappa shape index (κ1) is 21.9. The van der Waals surface area contributed by atoms with Crippen molar-refractivity contribution < 1.29 is 22.6 Å². The third-order valence-electron chi connectivity index (χ3n) is 3.79. The van der Waals surface area contributed by atoms with E-state index in [1.54, 1.807) is 18.2 Å². The van der Waals surface area contributed by atoms with Crippen molar-refractivity contribution in [3.8, 4) is 23.3 Å². The summed E-state index contributed by atoms with van der Waals surface area (Å²) in [5.74, 6) is 0.593. The Hall–Kier alpha value is -2.40. The van der Waals surface area contributed by atoms with Gasteiger partial charge in [0, 0.05) is 10.0 Å². The Kier molecular flexibility index (Phi) is 7.19. The quantitative estimate of drug-likeness (QED) is 0.587. The number of nitriles is 1. The lowest BCUT2D eigenvalue weighted by molar-refractivity contribution is 0.324. The van der Waals surface area contributed by atoms with Crippen LogP contribution in [0.25, 0.3) is 6.08 Å². The van der Waals surface area contributed by atoms with Gasteiger partial charge in [-0.15, -0.1) is 0 Å². The van der Waals surface area contributed by atoms with Crippen LogP contribution in [0.5, 0.6) is 17.2 Å². The van der Waals surface area contributed by atoms with Gasteiger partial charge in [0.25, 0.3) is 0 Å². The van der Waals surface area contributed by atoms with Gasteiger partial charge in [-0.3, -0.25) is 0 Å². The van der Waals surface area contributed by atoms with Crippen LogP contribution in [-0.2, 0) is 15.6 Å². The number of sulfone groups is 1. The van der Waals surface area contributed by atoms with Gasteiger partial charge in [-0.05, 0) is 41.5 Å². The number of ether oxygens (including phenoxy) is 3. The zero-order chi connectivity index (χ0) is 20.9. The van der Waals surface area contributed by atoms with Gasteiger partial charge < -0.3 is 14.2 Å². The fraction of sp³-hybridized carbons (Fsp3) is 0.211. The minimum absolute atomic E-state index is 0.209. The number of benzene rings is 2. The number of rotatable bonds is 7. The summed E-state index contributed by atoms with van der Waals surface area (Å²) in [6.45, 7) is 0. The molecule has 0 aliphatic carbocycles. The molecule has 0 bridgehead atoms. The van der Waals surface area contributed by atoms with E-state index in [-0.39, 0.29) is 5.02 Å². The number of nitrogens with zero attached hydrogens (tertiary/aromatic N) is 1. The first-order chi connectivity index (χ1) is 13.2. The van der Waals surface area contributed by atoms with Crippen LogP contribution in [0.15, 0.2) is 35.2 Å². The van der Waals surface area contributed by atoms with Crippen LogP contribution in [0.3, 0.4) is 0 Å². The minimum atomic E-state index is -3.95. The molecule has 0 saturated heterocycles. The Labute approximate surface area is 173 Å². The van der Waals surface area contributed by atoms with Crippen LogP contribution in [0.1, 0.15) is 11.1 Å². The van der Waals surface area contributed by atoms with Crippen molar-refractivity contribution in [2.24, 2.45) is 0 Å². The molecule has 28 heavy (non-hydrogen) atoms. The molecule has 0 unspecified atom stereocenters. The van der Waals surface area contributed by atoms with Crippen LogP contribution in [0.4, 0.5) is 0 Å². The lowest BCUT2D eigenvalue weighted by atomic mass is 10.1. The van der Waals surface area contributed by atoms with E-state index in [1.807, 2.05) is 0 Å². The number of methoxy groups -OCH3 is 3. The first-order valence-electron chi connectivity index (χ1n) is 7.84. The standard InChI is InChI=1S/C19H17Cl2NO5S/c1-25-17-7-12(8-18(26-2)19(17)27-3)6-15(10-22)28(23,24)11-13-4-5-14(20)9-16(13)21/h4-9H,11H2,1-3H3/b15-6+. The summed E-state index contributed by atoms with van der Waals surface area (Å²) in [7, 11) is 0.380. The molecule has 0 spiro atoms. The average molecular weight is 442 g/mol. The summed E-state index contributed by atoms with van der Waals surface area (Å²) in [6.07, 6.45) is 1.24. The molecule has 148 valence electrons. The Morgan fingerprint density at radius 1 is 1.07 bits per heavy atom. The predicted octanol–water partition coefficient (Wildman–Crippen LogP) is 4.50. The van der Waals surface area contributed by atoms with Crippen molar-refractivity contribution in [3.05, 3.63) is 56.4 Å². The van der Waals surface area contributed by atoms with Gasteiger partial charge in [-0.25, -0.2) is 8.42 Å². The molecular weight excluding hydrogens is 425 g/mol. The molecule has 0 N–H and O–H groups in total. The second-order valence-electron chi connectivity index (χ2n) is 5.57. The molecule has 0 amide bonds. The van der Waals surface area contributed by atoms with Crippen LogP contribution in [0.2, 0.25) is 10.0 Å². The van der Waals surface area contributed by atoms with Gasteiger partial charge in [0.05, 0.1) is 27.1 Å². The molecule has 0 radical (unpaired) electrons. The van der Waals surface area contributed by atoms with Crippen LogP contribution < -0.4 is 14.2 Å². The van der Waals surface area contributed by atoms with E-state index in [4.69, 9.17) is 37.4 Å². The lowest BCUT2D eigenvalue weighted by Gasteiger charge is -2.13. The fourth-order valence-corrected chi connectivity index (χ4v) is 4.27. The van der Waals surface area contributed by atoms with E-state index in [0.29, 0.717) is 33.4 Å². The maximum absolute atomic E-state index is 12.7. The minimum Gasteiger partial charge on any atom is -0.493 e. The summed E-state index contributed by atoms with van der Waals surface area (Å²) < 4.78 is 41.2. The molecule has 9 heteroatoms. The molecule has 0 aliphatic heterocycles. The molecule has 2 aromatic rings. The Morgan fingerprint density at radius 2 is 1.68 bits per heavy atom. The monoisotopic (exact) mass is 441 g/mol. The summed E-state index contributed by atoms with van der Waals surface area (Å²) in [5, 5.41) is 10.0. The van der Waals surface area contributed by atoms with E-state index in [9.17, 15) is 13.7 Å². The van der Waals surface area contributed by atoms with E-state index < -0.39 is 20.5 Å². The van der Waals surface area contributed by atoms with Gasteiger partial charge in [0.1, 0.15) is 11.0 Å². The molecule has 2 rings (SSSR count). The van der Waals surface area contributed by atoms with Crippen molar-refractivity contribution >= 4 is 39.1 Å². The first-order valence-corrected chi connectivity index (χ1v) is 10.2. The number of allylic oxidation sites excluding steroid dienone is 1. The Balaban J connectivity index is 2.49. The highest BCUT2D eigenvalue weighted by atomic mass is 35.5. The van der Waals surface area contributed by atoms with E-state index in [2.05, 4.69) is 0 Å². The SMILES string of the molecule is COc1cc(/C=C(\C#N)S(=O)(=O)Cc2ccc(Cl)cc2Cl)cc(OC)c1OC. The summed E-state index contributed by atoms with van der Waals surface area (Å²) in [6, 6.07) is 9.32. The zero-order valence-corrected chi connectivity index (χ0v) is 17.7. The highest BCUT2D eigenvalue weighted by molar-refractivity contribution is 7.95. The van der Waals surface area contributed by atoms with E-state index >= 15 is 0 Å². The second-order valence-corrected chi connectivity index (χ2v) is 8.38. The molecule has 0 saturated carbocycles. The Bertz CT molecular complexity index is 1030. The van der Waals surface area contributed by atoms with Crippen LogP contribution in [0, 0.1) is 11.3 Å². The molecular formula is C19H17Cl2NO5S. The van der Waals surface area contributed by atoms with Gasteiger partial charge >= 0.3 is 0 Å². The molecule has 2 aromatic carbocycles. The highest BCUT2D eigenvalue weighted by Gasteiger charge is 2.21. The van der Waals surface area contributed by atoms with Gasteiger partial charge in [-0.2, -0.15) is 5.26 Å². The second kappa shape index (κ2) is 9.20. The number of hydrogen-bond donors (Lipinski definition) is 0. The van der Waals surface area contributed by atoms with Crippen molar-refractivity contribution in [2.45, 2.75) is 5.75 Å². The van der Waals surface area contributed by atoms with Crippen molar-refractivity contribution in [2.75, 3.05) is 21.3 Å². The van der Waals surface area contributed by atoms with Crippen molar-refractivity contribution in [1.29, 1.82) is 5.26 Å². The van der Waals surface area contributed by atoms with Gasteiger partial charge in [0.2, 0.25) is 5.75 Å². The Morgan fingerprint density at radius 3 is 2.14 bits per heavy atom. The largest absolute Gasteiger partial charge is 0.493 e. The summed E-state index contributed by atoms with van der Waals surface area (Å²) in [4.78, 5) is -0.423. The van der Waals surface area contributed by atoms with E-state index in [0.717, 1.165) is 0 Å². The third kappa shape index (κ3) is 4.90. The maximum atomic E-state index is 12.7. The van der Waals surface area contributed by atoms with Crippen LogP contribution in [-0.4, -0.2) is 29.7 Å². The molecule has 0 heterocycles. The average Bonchev–Trinajstić information content (AvgIpc) is 2.67. The van der Waals surface area contributed by atoms with Crippen LogP contribution >= 0.6 is 23.2 Å². The number of halogens is 2. The van der Waals surface area contributed by atoms with E-state index in [1.165, 1.54) is 45.6 Å². The smallest absolute Gasteiger partial charge is 0.203 e. The van der Waals surface area contributed by atoms with Crippen molar-refractivity contribution in [3.63, 3.8) is 0 Å². The highest BCUT2D eigenvalue weighted by Crippen LogP contribution is 2.39. The molecule has 0 fully saturated rings. The zero-order valence-electron chi connectivity index (χ0n) is 15.3. The van der Waals surface area contributed by atoms with Gasteiger partial charge in [-0.1, -0.05) is 29.3 Å². The van der Waals surface area contributed by atoms with Gasteiger partial charge in [0.15, 0.2) is 21.3 Å². The fourth-order valence-electron chi connectivity index (χ4n) is 2.45. The summed E-state index contributed by atoms with van der Waals surface area (Å²) in [5.41, 5.74) is 0.744. The maximum Gasteiger partial charge on any atom is 0.203 e. The number of hydrogen-bond acceptors (Lipinski definition) is 6.